The summed E-state index contributed by atoms with van der Waals surface area (Å²) in [6.07, 6.45) is 0. The Morgan fingerprint density at radius 3 is 2.60 bits per heavy atom. The van der Waals surface area contributed by atoms with Crippen LogP contribution < -0.4 is 4.74 Å². The number of aliphatic hydroxyl groups is 1. The van der Waals surface area contributed by atoms with E-state index >= 15 is 0 Å². The van der Waals surface area contributed by atoms with E-state index in [1.165, 1.54) is 11.5 Å². The van der Waals surface area contributed by atoms with E-state index in [0.29, 0.717) is 6.61 Å². The highest BCUT2D eigenvalue weighted by Crippen LogP contribution is 2.37. The molecule has 0 amide bonds. The Labute approximate surface area is 178 Å². The first-order chi connectivity index (χ1) is 14.7. The molecule has 0 radical (unpaired) electrons. The van der Waals surface area contributed by atoms with Gasteiger partial charge in [-0.25, -0.2) is 4.98 Å². The topological polar surface area (TPSA) is 55.2 Å². The second-order valence-electron chi connectivity index (χ2n) is 7.23. The molecule has 2 aromatic heterocycles. The van der Waals surface area contributed by atoms with Crippen LogP contribution in [-0.2, 0) is 13.2 Å². The van der Waals surface area contributed by atoms with Crippen molar-refractivity contribution < 1.29 is 9.84 Å². The normalized spacial score (nSPS) is 11.3. The van der Waals surface area contributed by atoms with Gasteiger partial charge in [0, 0.05) is 10.8 Å². The lowest BCUT2D eigenvalue weighted by atomic mass is 10.0. The van der Waals surface area contributed by atoms with Crippen LogP contribution >= 0.6 is 11.5 Å². The van der Waals surface area contributed by atoms with Gasteiger partial charge in [0.1, 0.15) is 12.4 Å². The first-order valence-electron chi connectivity index (χ1n) is 9.80. The van der Waals surface area contributed by atoms with Crippen LogP contribution in [0.4, 0.5) is 0 Å². The van der Waals surface area contributed by atoms with Crippen molar-refractivity contribution >= 4 is 33.3 Å². The maximum absolute atomic E-state index is 10.2. The number of aliphatic hydroxyl groups excluding tert-OH is 1. The summed E-state index contributed by atoms with van der Waals surface area (Å²) in [4.78, 5) is 5.98. The van der Waals surface area contributed by atoms with Gasteiger partial charge in [0.05, 0.1) is 28.2 Å². The fourth-order valence-electron chi connectivity index (χ4n) is 3.69. The number of fused-ring (bicyclic) bond motifs is 2. The van der Waals surface area contributed by atoms with Crippen LogP contribution in [0.2, 0.25) is 0 Å². The fourth-order valence-corrected chi connectivity index (χ4v) is 4.51. The summed E-state index contributed by atoms with van der Waals surface area (Å²) in [7, 11) is 0. The lowest BCUT2D eigenvalue weighted by molar-refractivity contribution is 0.281. The highest BCUT2D eigenvalue weighted by atomic mass is 32.1. The largest absolute Gasteiger partial charge is 0.488 e. The molecule has 0 atom stereocenters. The molecule has 5 heteroatoms. The zero-order valence-electron chi connectivity index (χ0n) is 16.5. The van der Waals surface area contributed by atoms with Gasteiger partial charge in [-0.2, -0.15) is 4.37 Å². The molecular formula is C25H20N2O2S. The molecule has 3 aromatic carbocycles. The molecule has 0 aliphatic heterocycles. The van der Waals surface area contributed by atoms with E-state index in [0.717, 1.165) is 54.8 Å². The van der Waals surface area contributed by atoms with Gasteiger partial charge in [0.2, 0.25) is 0 Å². The van der Waals surface area contributed by atoms with Crippen LogP contribution in [0, 0.1) is 6.92 Å². The quantitative estimate of drug-likeness (QED) is 0.391. The summed E-state index contributed by atoms with van der Waals surface area (Å²) in [6, 6.07) is 24.1. The zero-order valence-corrected chi connectivity index (χ0v) is 17.3. The van der Waals surface area contributed by atoms with Crippen LogP contribution in [0.5, 0.6) is 5.75 Å². The molecule has 0 fully saturated rings. The van der Waals surface area contributed by atoms with Gasteiger partial charge in [-0.15, -0.1) is 0 Å². The molecule has 4 nitrogen and oxygen atoms in total. The first-order valence-corrected chi connectivity index (χ1v) is 10.6. The number of rotatable bonds is 5. The molecule has 148 valence electrons. The smallest absolute Gasteiger partial charge is 0.129 e. The van der Waals surface area contributed by atoms with E-state index in [1.807, 2.05) is 73.7 Å². The third kappa shape index (κ3) is 3.32. The number of hydrogen-bond donors (Lipinski definition) is 1. The van der Waals surface area contributed by atoms with Gasteiger partial charge >= 0.3 is 0 Å². The Hall–Kier alpha value is -3.28. The lowest BCUT2D eigenvalue weighted by Gasteiger charge is -2.15. The molecule has 0 saturated heterocycles. The summed E-state index contributed by atoms with van der Waals surface area (Å²) in [6.45, 7) is 2.41. The summed E-state index contributed by atoms with van der Waals surface area (Å²) < 4.78 is 10.7. The number of aromatic nitrogens is 2. The van der Waals surface area contributed by atoms with Crippen molar-refractivity contribution in [2.45, 2.75) is 20.1 Å². The van der Waals surface area contributed by atoms with Crippen LogP contribution in [0.3, 0.4) is 0 Å². The second kappa shape index (κ2) is 7.86. The van der Waals surface area contributed by atoms with Crippen LogP contribution in [0.15, 0.2) is 72.8 Å². The van der Waals surface area contributed by atoms with Crippen molar-refractivity contribution in [3.63, 3.8) is 0 Å². The Morgan fingerprint density at radius 2 is 1.77 bits per heavy atom. The standard InChI is InChI=1S/C25H20N2O2S/c1-16-11-12-22(29-15-17-7-3-2-4-8-17)23-18(14-28)13-21(26-24(16)23)25-19-9-5-6-10-20(19)27-30-25/h2-13,28H,14-15H2,1H3. The summed E-state index contributed by atoms with van der Waals surface area (Å²) in [5.41, 5.74) is 5.58. The SMILES string of the molecule is Cc1ccc(OCc2ccccc2)c2c(CO)cc(-c3snc4ccccc34)nc12. The fraction of sp³-hybridized carbons (Fsp3) is 0.120. The van der Waals surface area contributed by atoms with Gasteiger partial charge in [0.15, 0.2) is 0 Å². The molecule has 2 heterocycles. The molecule has 5 rings (SSSR count). The Bertz CT molecular complexity index is 1350. The number of pyridine rings is 1. The zero-order chi connectivity index (χ0) is 20.5. The van der Waals surface area contributed by atoms with Gasteiger partial charge in [-0.05, 0) is 53.3 Å². The number of benzene rings is 3. The van der Waals surface area contributed by atoms with Crippen molar-refractivity contribution in [2.24, 2.45) is 0 Å². The van der Waals surface area contributed by atoms with Gasteiger partial charge in [-0.3, -0.25) is 0 Å². The third-order valence-corrected chi connectivity index (χ3v) is 6.13. The number of hydrogen-bond acceptors (Lipinski definition) is 5. The number of ether oxygens (including phenoxy) is 1. The van der Waals surface area contributed by atoms with E-state index in [9.17, 15) is 5.11 Å². The Balaban J connectivity index is 1.64. The number of aryl methyl sites for hydroxylation is 1. The molecule has 0 bridgehead atoms. The Kier molecular flexibility index (Phi) is 4.91. The average Bonchev–Trinajstić information content (AvgIpc) is 3.23. The van der Waals surface area contributed by atoms with Crippen molar-refractivity contribution in [1.29, 1.82) is 0 Å². The molecular weight excluding hydrogens is 392 g/mol. The maximum atomic E-state index is 10.2. The van der Waals surface area contributed by atoms with Crippen molar-refractivity contribution in [2.75, 3.05) is 0 Å². The van der Waals surface area contributed by atoms with Crippen molar-refractivity contribution in [3.8, 4) is 16.3 Å². The Morgan fingerprint density at radius 1 is 0.967 bits per heavy atom. The van der Waals surface area contributed by atoms with E-state index in [-0.39, 0.29) is 6.61 Å². The average molecular weight is 413 g/mol. The minimum Gasteiger partial charge on any atom is -0.488 e. The van der Waals surface area contributed by atoms with Gasteiger partial charge in [-0.1, -0.05) is 54.6 Å². The lowest BCUT2D eigenvalue weighted by Crippen LogP contribution is -2.00. The predicted octanol–water partition coefficient (Wildman–Crippen LogP) is 5.89. The second-order valence-corrected chi connectivity index (χ2v) is 8.01. The molecule has 0 saturated carbocycles. The van der Waals surface area contributed by atoms with Crippen molar-refractivity contribution in [1.82, 2.24) is 9.36 Å². The summed E-state index contributed by atoms with van der Waals surface area (Å²) >= 11 is 1.44. The molecule has 0 aliphatic carbocycles. The molecule has 5 aromatic rings. The van der Waals surface area contributed by atoms with Crippen LogP contribution in [0.1, 0.15) is 16.7 Å². The van der Waals surface area contributed by atoms with Gasteiger partial charge < -0.3 is 9.84 Å². The summed E-state index contributed by atoms with van der Waals surface area (Å²) in [5.74, 6) is 0.733. The molecule has 0 spiro atoms. The third-order valence-electron chi connectivity index (χ3n) is 5.23. The predicted molar refractivity (Wildman–Crippen MR) is 122 cm³/mol. The van der Waals surface area contributed by atoms with E-state index in [1.54, 1.807) is 0 Å². The monoisotopic (exact) mass is 412 g/mol. The highest BCUT2D eigenvalue weighted by Gasteiger charge is 2.16. The summed E-state index contributed by atoms with van der Waals surface area (Å²) in [5, 5.41) is 12.1. The molecule has 30 heavy (non-hydrogen) atoms. The van der Waals surface area contributed by atoms with E-state index in [2.05, 4.69) is 10.4 Å². The minimum atomic E-state index is -0.0894. The van der Waals surface area contributed by atoms with Crippen LogP contribution in [-0.4, -0.2) is 14.5 Å². The number of nitrogens with zero attached hydrogens (tertiary/aromatic N) is 2. The molecule has 0 aliphatic rings. The minimum absolute atomic E-state index is 0.0894. The molecule has 0 unspecified atom stereocenters. The van der Waals surface area contributed by atoms with E-state index in [4.69, 9.17) is 9.72 Å². The maximum Gasteiger partial charge on any atom is 0.129 e. The first kappa shape index (κ1) is 18.7. The highest BCUT2D eigenvalue weighted by molar-refractivity contribution is 7.11. The van der Waals surface area contributed by atoms with Gasteiger partial charge in [0.25, 0.3) is 0 Å². The van der Waals surface area contributed by atoms with Crippen molar-refractivity contribution in [3.05, 3.63) is 89.5 Å². The van der Waals surface area contributed by atoms with E-state index < -0.39 is 0 Å². The molecule has 1 N–H and O–H groups in total. The van der Waals surface area contributed by atoms with Crippen LogP contribution in [0.25, 0.3) is 32.4 Å².